The Morgan fingerprint density at radius 3 is 1.67 bits per heavy atom. The van der Waals surface area contributed by atoms with Gasteiger partial charge in [-0.15, -0.1) is 0 Å². The van der Waals surface area contributed by atoms with Crippen molar-refractivity contribution in [1.82, 2.24) is 9.80 Å². The summed E-state index contributed by atoms with van der Waals surface area (Å²) in [4.78, 5) is 39.6. The molecule has 0 aliphatic heterocycles. The van der Waals surface area contributed by atoms with Crippen LogP contribution < -0.4 is 0 Å². The summed E-state index contributed by atoms with van der Waals surface area (Å²) in [6.45, 7) is 7.58. The summed E-state index contributed by atoms with van der Waals surface area (Å²) in [6.07, 6.45) is 28.8. The minimum atomic E-state index is -0.0359. The predicted octanol–water partition coefficient (Wildman–Crippen LogP) is 9.53. The SMILES string of the molecule is CCCCCCC(CCCCCC)CCCOC(=O)CCCCCCCN(CCCCCCCC=O)C(=O)CCN(C)C. The fourth-order valence-corrected chi connectivity index (χ4v) is 5.78. The van der Waals surface area contributed by atoms with Gasteiger partial charge in [0.05, 0.1) is 6.61 Å². The van der Waals surface area contributed by atoms with Crippen molar-refractivity contribution in [3.8, 4) is 0 Å². The molecular formula is C37H72N2O4. The van der Waals surface area contributed by atoms with E-state index in [1.54, 1.807) is 0 Å². The maximum Gasteiger partial charge on any atom is 0.305 e. The summed E-state index contributed by atoms with van der Waals surface area (Å²) in [6, 6.07) is 0. The molecule has 0 saturated heterocycles. The summed E-state index contributed by atoms with van der Waals surface area (Å²) in [7, 11) is 4.02. The average molecular weight is 609 g/mol. The molecular weight excluding hydrogens is 536 g/mol. The van der Waals surface area contributed by atoms with Crippen LogP contribution in [0.2, 0.25) is 0 Å². The first-order valence-corrected chi connectivity index (χ1v) is 18.5. The molecule has 0 rings (SSSR count). The highest BCUT2D eigenvalue weighted by molar-refractivity contribution is 5.76. The molecule has 0 spiro atoms. The Labute approximate surface area is 267 Å². The van der Waals surface area contributed by atoms with Crippen LogP contribution in [0.3, 0.4) is 0 Å². The van der Waals surface area contributed by atoms with Gasteiger partial charge in [-0.3, -0.25) is 9.59 Å². The largest absolute Gasteiger partial charge is 0.466 e. The number of rotatable bonds is 33. The standard InChI is InChI=1S/C37H72N2O4/c1-5-7-9-18-25-35(26-19-10-8-6-2)27-24-34-43-37(42)28-20-14-13-16-22-31-39(36(41)29-32-38(3)4)30-21-15-11-12-17-23-33-40/h33,35H,5-32,34H2,1-4H3. The summed E-state index contributed by atoms with van der Waals surface area (Å²) in [5.74, 6) is 1.02. The third-order valence-corrected chi connectivity index (χ3v) is 8.64. The number of amides is 1. The number of ether oxygens (including phenoxy) is 1. The number of aldehydes is 1. The number of unbranched alkanes of at least 4 members (excludes halogenated alkanes) is 15. The molecule has 6 nitrogen and oxygen atoms in total. The molecule has 6 heteroatoms. The minimum Gasteiger partial charge on any atom is -0.466 e. The van der Waals surface area contributed by atoms with Gasteiger partial charge in [0, 0.05) is 38.9 Å². The highest BCUT2D eigenvalue weighted by atomic mass is 16.5. The maximum absolute atomic E-state index is 12.8. The van der Waals surface area contributed by atoms with E-state index in [4.69, 9.17) is 4.74 Å². The van der Waals surface area contributed by atoms with E-state index in [1.165, 1.54) is 70.6 Å². The number of hydrogen-bond acceptors (Lipinski definition) is 5. The van der Waals surface area contributed by atoms with Gasteiger partial charge in [-0.2, -0.15) is 0 Å². The monoisotopic (exact) mass is 609 g/mol. The Morgan fingerprint density at radius 2 is 1.12 bits per heavy atom. The number of nitrogens with zero attached hydrogens (tertiary/aromatic N) is 2. The zero-order chi connectivity index (χ0) is 31.8. The molecule has 0 aliphatic rings. The van der Waals surface area contributed by atoms with E-state index in [1.807, 2.05) is 14.1 Å². The van der Waals surface area contributed by atoms with E-state index in [9.17, 15) is 14.4 Å². The lowest BCUT2D eigenvalue weighted by Gasteiger charge is -2.24. The molecule has 0 unspecified atom stereocenters. The Balaban J connectivity index is 4.09. The highest BCUT2D eigenvalue weighted by Crippen LogP contribution is 2.23. The van der Waals surface area contributed by atoms with Crippen molar-refractivity contribution in [2.45, 2.75) is 174 Å². The van der Waals surface area contributed by atoms with E-state index in [0.717, 1.165) is 102 Å². The maximum atomic E-state index is 12.8. The van der Waals surface area contributed by atoms with Gasteiger partial charge >= 0.3 is 5.97 Å². The number of esters is 1. The quantitative estimate of drug-likeness (QED) is 0.0422. The van der Waals surface area contributed by atoms with E-state index >= 15 is 0 Å². The molecule has 0 aromatic carbocycles. The first-order valence-electron chi connectivity index (χ1n) is 18.5. The smallest absolute Gasteiger partial charge is 0.305 e. The Hall–Kier alpha value is -1.43. The van der Waals surface area contributed by atoms with Crippen molar-refractivity contribution in [2.24, 2.45) is 5.92 Å². The second-order valence-corrected chi connectivity index (χ2v) is 13.1. The molecule has 0 N–H and O–H groups in total. The van der Waals surface area contributed by atoms with Crippen LogP contribution in [0.4, 0.5) is 0 Å². The van der Waals surface area contributed by atoms with Crippen LogP contribution in [0.1, 0.15) is 174 Å². The van der Waals surface area contributed by atoms with Crippen LogP contribution >= 0.6 is 0 Å². The molecule has 0 saturated carbocycles. The van der Waals surface area contributed by atoms with Gasteiger partial charge in [-0.05, 0) is 58.5 Å². The van der Waals surface area contributed by atoms with E-state index < -0.39 is 0 Å². The Bertz CT molecular complexity index is 628. The van der Waals surface area contributed by atoms with Crippen LogP contribution in [0.25, 0.3) is 0 Å². The fraction of sp³-hybridized carbons (Fsp3) is 0.919. The normalized spacial score (nSPS) is 11.4. The zero-order valence-corrected chi connectivity index (χ0v) is 29.2. The van der Waals surface area contributed by atoms with E-state index in [0.29, 0.717) is 25.9 Å². The molecule has 0 aromatic rings. The van der Waals surface area contributed by atoms with Crippen LogP contribution in [0.15, 0.2) is 0 Å². The van der Waals surface area contributed by atoms with Crippen LogP contribution in [0, 0.1) is 5.92 Å². The molecule has 43 heavy (non-hydrogen) atoms. The third-order valence-electron chi connectivity index (χ3n) is 8.64. The van der Waals surface area contributed by atoms with Gasteiger partial charge in [0.1, 0.15) is 6.29 Å². The number of carbonyl (C=O) groups is 3. The molecule has 0 heterocycles. The zero-order valence-electron chi connectivity index (χ0n) is 29.2. The lowest BCUT2D eigenvalue weighted by molar-refractivity contribution is -0.144. The third kappa shape index (κ3) is 29.1. The van der Waals surface area contributed by atoms with Gasteiger partial charge in [0.2, 0.25) is 5.91 Å². The van der Waals surface area contributed by atoms with E-state index in [2.05, 4.69) is 23.6 Å². The molecule has 0 atom stereocenters. The van der Waals surface area contributed by atoms with Crippen molar-refractivity contribution in [1.29, 1.82) is 0 Å². The lowest BCUT2D eigenvalue weighted by atomic mass is 9.91. The molecule has 254 valence electrons. The molecule has 0 radical (unpaired) electrons. The summed E-state index contributed by atoms with van der Waals surface area (Å²) >= 11 is 0. The average Bonchev–Trinajstić information content (AvgIpc) is 2.99. The highest BCUT2D eigenvalue weighted by Gasteiger charge is 2.13. The second kappa shape index (κ2) is 32.0. The van der Waals surface area contributed by atoms with Crippen molar-refractivity contribution in [2.75, 3.05) is 40.3 Å². The van der Waals surface area contributed by atoms with Crippen LogP contribution in [0.5, 0.6) is 0 Å². The molecule has 1 amide bonds. The Kier molecular flexibility index (Phi) is 30.9. The van der Waals surface area contributed by atoms with Crippen LogP contribution in [-0.4, -0.2) is 68.3 Å². The lowest BCUT2D eigenvalue weighted by Crippen LogP contribution is -2.34. The van der Waals surface area contributed by atoms with Crippen LogP contribution in [-0.2, 0) is 19.1 Å². The van der Waals surface area contributed by atoms with Gasteiger partial charge in [0.25, 0.3) is 0 Å². The Morgan fingerprint density at radius 1 is 0.605 bits per heavy atom. The van der Waals surface area contributed by atoms with E-state index in [-0.39, 0.29) is 11.9 Å². The summed E-state index contributed by atoms with van der Waals surface area (Å²) in [5, 5.41) is 0. The first-order chi connectivity index (χ1) is 20.9. The molecule has 0 aliphatic carbocycles. The summed E-state index contributed by atoms with van der Waals surface area (Å²) in [5.41, 5.74) is 0. The molecule has 0 aromatic heterocycles. The van der Waals surface area contributed by atoms with Crippen molar-refractivity contribution >= 4 is 18.2 Å². The predicted molar refractivity (Wildman–Crippen MR) is 182 cm³/mol. The first kappa shape index (κ1) is 41.6. The van der Waals surface area contributed by atoms with Crippen molar-refractivity contribution in [3.63, 3.8) is 0 Å². The van der Waals surface area contributed by atoms with Gasteiger partial charge in [0.15, 0.2) is 0 Å². The number of hydrogen-bond donors (Lipinski definition) is 0. The summed E-state index contributed by atoms with van der Waals surface area (Å²) < 4.78 is 5.58. The topological polar surface area (TPSA) is 66.9 Å². The van der Waals surface area contributed by atoms with Gasteiger partial charge < -0.3 is 19.3 Å². The fourth-order valence-electron chi connectivity index (χ4n) is 5.78. The van der Waals surface area contributed by atoms with Gasteiger partial charge in [-0.25, -0.2) is 0 Å². The van der Waals surface area contributed by atoms with Crippen molar-refractivity contribution in [3.05, 3.63) is 0 Å². The molecule has 0 fully saturated rings. The second-order valence-electron chi connectivity index (χ2n) is 13.1. The number of carbonyl (C=O) groups excluding carboxylic acids is 3. The van der Waals surface area contributed by atoms with Gasteiger partial charge in [-0.1, -0.05) is 117 Å². The van der Waals surface area contributed by atoms with Crippen molar-refractivity contribution < 1.29 is 19.1 Å². The molecule has 0 bridgehead atoms. The minimum absolute atomic E-state index is 0.0359.